The van der Waals surface area contributed by atoms with Gasteiger partial charge in [0.25, 0.3) is 10.1 Å². The van der Waals surface area contributed by atoms with Crippen LogP contribution in [0.4, 0.5) is 0 Å². The number of rotatable bonds is 8. The van der Waals surface area contributed by atoms with Crippen LogP contribution in [0, 0.1) is 0 Å². The van der Waals surface area contributed by atoms with Crippen LogP contribution in [-0.2, 0) is 10.1 Å². The van der Waals surface area contributed by atoms with Crippen molar-refractivity contribution in [3.8, 4) is 0 Å². The van der Waals surface area contributed by atoms with Crippen molar-refractivity contribution in [2.75, 3.05) is 12.4 Å². The average molecular weight is 234 g/mol. The molecule has 0 atom stereocenters. The number of unbranched alkanes of at least 4 members (excludes halogenated alkanes) is 5. The maximum absolute atomic E-state index is 10.3. The molecule has 0 aliphatic carbocycles. The molecule has 0 aromatic rings. The summed E-state index contributed by atoms with van der Waals surface area (Å²) in [6.07, 6.45) is 5.14. The van der Waals surface area contributed by atoms with Crippen molar-refractivity contribution in [2.45, 2.75) is 38.5 Å². The minimum absolute atomic E-state index is 0. The maximum Gasteiger partial charge on any atom is 1.00 e. The Morgan fingerprint density at radius 2 is 1.36 bits per heavy atom. The second-order valence-corrected chi connectivity index (χ2v) is 4.70. The van der Waals surface area contributed by atoms with Gasteiger partial charge in [0.05, 0.1) is 5.75 Å². The van der Waals surface area contributed by atoms with Gasteiger partial charge in [-0.3, -0.25) is 4.55 Å². The molecule has 0 aromatic heterocycles. The molecule has 0 spiro atoms. The summed E-state index contributed by atoms with van der Waals surface area (Å²) in [5.41, 5.74) is 0. The molecular weight excluding hydrogens is 215 g/mol. The van der Waals surface area contributed by atoms with E-state index < -0.39 is 10.1 Å². The van der Waals surface area contributed by atoms with Gasteiger partial charge in [-0.1, -0.05) is 25.7 Å². The van der Waals surface area contributed by atoms with Gasteiger partial charge in [0.15, 0.2) is 0 Å². The zero-order valence-corrected chi connectivity index (χ0v) is 11.6. The monoisotopic (exact) mass is 234 g/mol. The summed E-state index contributed by atoms with van der Waals surface area (Å²) in [4.78, 5) is 0. The van der Waals surface area contributed by atoms with Crippen LogP contribution >= 0.6 is 0 Å². The number of aliphatic hydroxyl groups is 1. The molecule has 4 nitrogen and oxygen atoms in total. The third kappa shape index (κ3) is 15.3. The van der Waals surface area contributed by atoms with Gasteiger partial charge in [-0.05, 0) is 12.8 Å². The van der Waals surface area contributed by atoms with E-state index in [9.17, 15) is 8.42 Å². The van der Waals surface area contributed by atoms with E-state index >= 15 is 0 Å². The van der Waals surface area contributed by atoms with Gasteiger partial charge in [0, 0.05) is 6.61 Å². The van der Waals surface area contributed by atoms with Crippen LogP contribution < -0.4 is 29.6 Å². The van der Waals surface area contributed by atoms with Crippen LogP contribution in [0.3, 0.4) is 0 Å². The molecular formula is C8H19NaO4S. The van der Waals surface area contributed by atoms with Crippen LogP contribution in [0.5, 0.6) is 0 Å². The fraction of sp³-hybridized carbons (Fsp3) is 1.00. The van der Waals surface area contributed by atoms with Crippen molar-refractivity contribution in [3.05, 3.63) is 0 Å². The van der Waals surface area contributed by atoms with E-state index in [2.05, 4.69) is 0 Å². The predicted octanol–water partition coefficient (Wildman–Crippen LogP) is -1.68. The van der Waals surface area contributed by atoms with Crippen LogP contribution in [0.25, 0.3) is 0 Å². The number of hydrogen-bond acceptors (Lipinski definition) is 3. The molecule has 0 aromatic carbocycles. The summed E-state index contributed by atoms with van der Waals surface area (Å²) in [6.45, 7) is 0.227. The van der Waals surface area contributed by atoms with Gasteiger partial charge in [-0.2, -0.15) is 8.42 Å². The fourth-order valence-corrected chi connectivity index (χ4v) is 1.67. The Morgan fingerprint density at radius 1 is 0.929 bits per heavy atom. The Hall–Kier alpha value is 0.870. The molecule has 0 aliphatic heterocycles. The zero-order valence-electron chi connectivity index (χ0n) is 9.78. The molecule has 0 radical (unpaired) electrons. The van der Waals surface area contributed by atoms with Crippen LogP contribution in [0.2, 0.25) is 0 Å². The largest absolute Gasteiger partial charge is 1.00 e. The van der Waals surface area contributed by atoms with Crippen molar-refractivity contribution < 1.29 is 49.1 Å². The predicted molar refractivity (Wildman–Crippen MR) is 52.3 cm³/mol. The van der Waals surface area contributed by atoms with Gasteiger partial charge in [0.1, 0.15) is 0 Å². The summed E-state index contributed by atoms with van der Waals surface area (Å²) in [7, 11) is -3.76. The third-order valence-electron chi connectivity index (χ3n) is 1.81. The molecule has 6 heteroatoms. The van der Waals surface area contributed by atoms with Crippen molar-refractivity contribution >= 4 is 10.1 Å². The van der Waals surface area contributed by atoms with Crippen LogP contribution in [-0.4, -0.2) is 30.4 Å². The molecule has 0 heterocycles. The normalized spacial score (nSPS) is 11.0. The maximum atomic E-state index is 10.3. The first-order chi connectivity index (χ1) is 6.06. The molecule has 0 bridgehead atoms. The van der Waals surface area contributed by atoms with E-state index in [1.807, 2.05) is 0 Å². The van der Waals surface area contributed by atoms with Gasteiger partial charge < -0.3 is 6.53 Å². The van der Waals surface area contributed by atoms with Gasteiger partial charge in [-0.25, -0.2) is 0 Å². The Bertz CT molecular complexity index is 209. The molecule has 0 rings (SSSR count). The first kappa shape index (κ1) is 17.3. The molecule has 0 saturated heterocycles. The van der Waals surface area contributed by atoms with E-state index in [1.54, 1.807) is 0 Å². The van der Waals surface area contributed by atoms with E-state index in [-0.39, 0.29) is 43.3 Å². The minimum Gasteiger partial charge on any atom is -1.00 e. The summed E-state index contributed by atoms with van der Waals surface area (Å²) >= 11 is 0. The van der Waals surface area contributed by atoms with Crippen molar-refractivity contribution in [3.63, 3.8) is 0 Å². The summed E-state index contributed by atoms with van der Waals surface area (Å²) in [6, 6.07) is 0. The van der Waals surface area contributed by atoms with Gasteiger partial charge >= 0.3 is 29.6 Å². The SMILES string of the molecule is O=S(=O)(O)CCCCCCCCO.[H-].[Na+]. The Balaban J connectivity index is -0.000000720. The Kier molecular flexibility index (Phi) is 12.8. The molecule has 0 amide bonds. The minimum atomic E-state index is -3.76. The van der Waals surface area contributed by atoms with Crippen LogP contribution in [0.1, 0.15) is 40.0 Å². The topological polar surface area (TPSA) is 74.6 Å². The Labute approximate surface area is 110 Å². The second-order valence-electron chi connectivity index (χ2n) is 3.13. The van der Waals surface area contributed by atoms with E-state index in [0.29, 0.717) is 6.42 Å². The molecule has 0 aliphatic rings. The van der Waals surface area contributed by atoms with Crippen molar-refractivity contribution in [1.82, 2.24) is 0 Å². The van der Waals surface area contributed by atoms with Gasteiger partial charge in [-0.15, -0.1) is 0 Å². The number of aliphatic hydroxyl groups excluding tert-OH is 1. The average Bonchev–Trinajstić information content (AvgIpc) is 2.01. The van der Waals surface area contributed by atoms with Crippen molar-refractivity contribution in [2.24, 2.45) is 0 Å². The number of hydrogen-bond donors (Lipinski definition) is 2. The van der Waals surface area contributed by atoms with Crippen molar-refractivity contribution in [1.29, 1.82) is 0 Å². The first-order valence-electron chi connectivity index (χ1n) is 4.62. The summed E-state index contributed by atoms with van der Waals surface area (Å²) in [5, 5.41) is 8.46. The van der Waals surface area contributed by atoms with Gasteiger partial charge in [0.2, 0.25) is 0 Å². The van der Waals surface area contributed by atoms with E-state index in [0.717, 1.165) is 32.1 Å². The van der Waals surface area contributed by atoms with E-state index in [1.165, 1.54) is 0 Å². The molecule has 0 unspecified atom stereocenters. The smallest absolute Gasteiger partial charge is 1.00 e. The fourth-order valence-electron chi connectivity index (χ4n) is 1.10. The molecule has 0 fully saturated rings. The molecule has 14 heavy (non-hydrogen) atoms. The zero-order chi connectivity index (χ0) is 10.2. The molecule has 82 valence electrons. The summed E-state index contributed by atoms with van der Waals surface area (Å²) in [5.74, 6) is -0.132. The quantitative estimate of drug-likeness (QED) is 0.299. The van der Waals surface area contributed by atoms with E-state index in [4.69, 9.17) is 9.66 Å². The first-order valence-corrected chi connectivity index (χ1v) is 6.23. The second kappa shape index (κ2) is 10.4. The Morgan fingerprint density at radius 3 is 1.79 bits per heavy atom. The van der Waals surface area contributed by atoms with Crippen LogP contribution in [0.15, 0.2) is 0 Å². The summed E-state index contributed by atoms with van der Waals surface area (Å²) < 4.78 is 29.0. The molecule has 2 N–H and O–H groups in total. The molecule has 0 saturated carbocycles. The third-order valence-corrected chi connectivity index (χ3v) is 2.61. The standard InChI is InChI=1S/C8H18O4S.Na.H/c9-7-5-3-1-2-4-6-8-13(10,11)12;;/h9H,1-8H2,(H,10,11,12);;/q;+1;-1.